The molecule has 2 rings (SSSR count). The number of hydrogen-bond donors (Lipinski definition) is 2. The van der Waals surface area contributed by atoms with Crippen LogP contribution in [0.2, 0.25) is 0 Å². The van der Waals surface area contributed by atoms with Crippen LogP contribution in [0.3, 0.4) is 0 Å². The third-order valence-corrected chi connectivity index (χ3v) is 2.68. The molecule has 0 heterocycles. The van der Waals surface area contributed by atoms with Gasteiger partial charge in [0.05, 0.1) is 11.1 Å². The molecule has 0 aliphatic carbocycles. The zero-order valence-corrected chi connectivity index (χ0v) is 11.5. The van der Waals surface area contributed by atoms with Crippen LogP contribution in [0.4, 0.5) is 10.1 Å². The SMILES string of the molecule is CC(N)c1ccc(F)cc1.N#Cc1ccc(N)cc1C#N. The van der Waals surface area contributed by atoms with Crippen molar-refractivity contribution in [2.45, 2.75) is 13.0 Å². The van der Waals surface area contributed by atoms with Crippen molar-refractivity contribution in [2.24, 2.45) is 5.73 Å². The minimum atomic E-state index is -0.218. The van der Waals surface area contributed by atoms with Crippen LogP contribution in [0.5, 0.6) is 0 Å². The molecule has 0 saturated carbocycles. The quantitative estimate of drug-likeness (QED) is 0.785. The van der Waals surface area contributed by atoms with Crippen LogP contribution in [0.1, 0.15) is 29.7 Å². The Morgan fingerprint density at radius 2 is 1.57 bits per heavy atom. The van der Waals surface area contributed by atoms with E-state index in [0.717, 1.165) is 5.56 Å². The molecule has 0 amide bonds. The van der Waals surface area contributed by atoms with E-state index in [2.05, 4.69) is 0 Å². The lowest BCUT2D eigenvalue weighted by Crippen LogP contribution is -2.04. The van der Waals surface area contributed by atoms with Gasteiger partial charge in [-0.25, -0.2) is 4.39 Å². The fraction of sp³-hybridized carbons (Fsp3) is 0.125. The van der Waals surface area contributed by atoms with Crippen LogP contribution in [0.25, 0.3) is 0 Å². The number of hydrogen-bond acceptors (Lipinski definition) is 4. The molecule has 1 atom stereocenters. The van der Waals surface area contributed by atoms with Crippen LogP contribution in [0.15, 0.2) is 42.5 Å². The van der Waals surface area contributed by atoms with Crippen molar-refractivity contribution in [3.63, 3.8) is 0 Å². The van der Waals surface area contributed by atoms with Gasteiger partial charge in [0.2, 0.25) is 0 Å². The molecular weight excluding hydrogens is 267 g/mol. The van der Waals surface area contributed by atoms with Crippen LogP contribution in [0, 0.1) is 28.5 Å². The largest absolute Gasteiger partial charge is 0.399 e. The van der Waals surface area contributed by atoms with Crippen molar-refractivity contribution in [2.75, 3.05) is 5.73 Å². The third-order valence-electron chi connectivity index (χ3n) is 2.68. The predicted octanol–water partition coefficient (Wildman–Crippen LogP) is 2.86. The van der Waals surface area contributed by atoms with Gasteiger partial charge in [0.1, 0.15) is 18.0 Å². The summed E-state index contributed by atoms with van der Waals surface area (Å²) in [5.74, 6) is -0.218. The maximum absolute atomic E-state index is 12.3. The van der Waals surface area contributed by atoms with Gasteiger partial charge in [-0.2, -0.15) is 10.5 Å². The predicted molar refractivity (Wildman–Crippen MR) is 79.3 cm³/mol. The molecule has 0 saturated heterocycles. The summed E-state index contributed by atoms with van der Waals surface area (Å²) in [5.41, 5.74) is 13.1. The molecule has 106 valence electrons. The van der Waals surface area contributed by atoms with Gasteiger partial charge in [-0.1, -0.05) is 12.1 Å². The second-order valence-corrected chi connectivity index (χ2v) is 4.37. The standard InChI is InChI=1S/C8H10FN.C8H5N3/c1-6(10)7-2-4-8(9)5-3-7;9-4-6-1-2-8(11)3-7(6)5-10/h2-6H,10H2,1H3;1-3H,11H2. The summed E-state index contributed by atoms with van der Waals surface area (Å²) in [6, 6.07) is 14.6. The van der Waals surface area contributed by atoms with Gasteiger partial charge in [0.25, 0.3) is 0 Å². The molecule has 2 aromatic rings. The fourth-order valence-electron chi connectivity index (χ4n) is 1.52. The molecule has 1 unspecified atom stereocenters. The van der Waals surface area contributed by atoms with E-state index < -0.39 is 0 Å². The second kappa shape index (κ2) is 7.64. The van der Waals surface area contributed by atoms with Gasteiger partial charge in [-0.05, 0) is 42.8 Å². The highest BCUT2D eigenvalue weighted by molar-refractivity contribution is 5.53. The Labute approximate surface area is 123 Å². The fourth-order valence-corrected chi connectivity index (χ4v) is 1.52. The molecule has 0 spiro atoms. The normalized spacial score (nSPS) is 10.5. The summed E-state index contributed by atoms with van der Waals surface area (Å²) >= 11 is 0. The van der Waals surface area contributed by atoms with Crippen LogP contribution < -0.4 is 11.5 Å². The van der Waals surface area contributed by atoms with Crippen LogP contribution >= 0.6 is 0 Å². The topological polar surface area (TPSA) is 99.6 Å². The number of halogens is 1. The first kappa shape index (κ1) is 16.2. The third kappa shape index (κ3) is 4.94. The highest BCUT2D eigenvalue weighted by Crippen LogP contribution is 2.11. The van der Waals surface area contributed by atoms with Crippen molar-refractivity contribution in [3.8, 4) is 12.1 Å². The molecule has 5 heteroatoms. The van der Waals surface area contributed by atoms with Crippen molar-refractivity contribution >= 4 is 5.69 Å². The first-order chi connectivity index (χ1) is 9.97. The molecule has 0 aliphatic heterocycles. The molecule has 0 bridgehead atoms. The Bertz CT molecular complexity index is 679. The molecule has 0 aromatic heterocycles. The number of anilines is 1. The van der Waals surface area contributed by atoms with E-state index in [1.165, 1.54) is 24.3 Å². The molecule has 4 N–H and O–H groups in total. The van der Waals surface area contributed by atoms with Gasteiger partial charge in [0.15, 0.2) is 0 Å². The molecule has 21 heavy (non-hydrogen) atoms. The van der Waals surface area contributed by atoms with Crippen LogP contribution in [-0.4, -0.2) is 0 Å². The maximum Gasteiger partial charge on any atom is 0.123 e. The monoisotopic (exact) mass is 282 g/mol. The number of nitrogens with two attached hydrogens (primary N) is 2. The van der Waals surface area contributed by atoms with Gasteiger partial charge >= 0.3 is 0 Å². The lowest BCUT2D eigenvalue weighted by atomic mass is 10.1. The Morgan fingerprint density at radius 1 is 1.00 bits per heavy atom. The van der Waals surface area contributed by atoms with Gasteiger partial charge in [-0.15, -0.1) is 0 Å². The molecule has 2 aromatic carbocycles. The van der Waals surface area contributed by atoms with Crippen molar-refractivity contribution < 1.29 is 4.39 Å². The van der Waals surface area contributed by atoms with E-state index >= 15 is 0 Å². The maximum atomic E-state index is 12.3. The average molecular weight is 282 g/mol. The minimum absolute atomic E-state index is 0.0133. The Balaban J connectivity index is 0.000000211. The summed E-state index contributed by atoms with van der Waals surface area (Å²) in [7, 11) is 0. The second-order valence-electron chi connectivity index (χ2n) is 4.37. The highest BCUT2D eigenvalue weighted by atomic mass is 19.1. The molecule has 0 radical (unpaired) electrons. The van der Waals surface area contributed by atoms with E-state index in [1.807, 2.05) is 19.1 Å². The first-order valence-electron chi connectivity index (χ1n) is 6.18. The van der Waals surface area contributed by atoms with E-state index in [1.54, 1.807) is 18.2 Å². The summed E-state index contributed by atoms with van der Waals surface area (Å²) in [6.07, 6.45) is 0. The zero-order chi connectivity index (χ0) is 15.8. The number of benzene rings is 2. The Morgan fingerprint density at radius 3 is 2.05 bits per heavy atom. The van der Waals surface area contributed by atoms with E-state index in [4.69, 9.17) is 22.0 Å². The smallest absolute Gasteiger partial charge is 0.123 e. The van der Waals surface area contributed by atoms with Crippen LogP contribution in [-0.2, 0) is 0 Å². The average Bonchev–Trinajstić information content (AvgIpc) is 2.48. The molecular formula is C16H15FN4. The van der Waals surface area contributed by atoms with E-state index in [0.29, 0.717) is 16.8 Å². The van der Waals surface area contributed by atoms with Gasteiger partial charge in [-0.3, -0.25) is 0 Å². The Kier molecular flexibility index (Phi) is 5.88. The lowest BCUT2D eigenvalue weighted by Gasteiger charge is -2.02. The van der Waals surface area contributed by atoms with Crippen molar-refractivity contribution in [3.05, 3.63) is 65.0 Å². The molecule has 0 fully saturated rings. The van der Waals surface area contributed by atoms with Gasteiger partial charge in [0, 0.05) is 11.7 Å². The Hall–Kier alpha value is -2.89. The van der Waals surface area contributed by atoms with E-state index in [9.17, 15) is 4.39 Å². The summed E-state index contributed by atoms with van der Waals surface area (Å²) in [6.45, 7) is 1.87. The number of rotatable bonds is 1. The molecule has 4 nitrogen and oxygen atoms in total. The highest BCUT2D eigenvalue weighted by Gasteiger charge is 1.99. The summed E-state index contributed by atoms with van der Waals surface area (Å²) in [4.78, 5) is 0. The van der Waals surface area contributed by atoms with E-state index in [-0.39, 0.29) is 11.9 Å². The van der Waals surface area contributed by atoms with Crippen molar-refractivity contribution in [1.82, 2.24) is 0 Å². The lowest BCUT2D eigenvalue weighted by molar-refractivity contribution is 0.626. The van der Waals surface area contributed by atoms with Crippen molar-refractivity contribution in [1.29, 1.82) is 10.5 Å². The number of nitrogens with zero attached hydrogens (tertiary/aromatic N) is 2. The number of nitriles is 2. The zero-order valence-electron chi connectivity index (χ0n) is 11.5. The summed E-state index contributed by atoms with van der Waals surface area (Å²) < 4.78 is 12.3. The first-order valence-corrected chi connectivity index (χ1v) is 6.18. The summed E-state index contributed by atoms with van der Waals surface area (Å²) in [5, 5.41) is 17.0. The minimum Gasteiger partial charge on any atom is -0.399 e. The molecule has 0 aliphatic rings. The van der Waals surface area contributed by atoms with Gasteiger partial charge < -0.3 is 11.5 Å². The number of nitrogen functional groups attached to an aromatic ring is 1.